The summed E-state index contributed by atoms with van der Waals surface area (Å²) in [5, 5.41) is 9.06. The Hall–Kier alpha value is -1.16. The fourth-order valence-electron chi connectivity index (χ4n) is 1.91. The van der Waals surface area contributed by atoms with Crippen LogP contribution in [0.15, 0.2) is 12.4 Å². The Morgan fingerprint density at radius 3 is 2.88 bits per heavy atom. The summed E-state index contributed by atoms with van der Waals surface area (Å²) >= 11 is 0. The van der Waals surface area contributed by atoms with E-state index in [1.807, 2.05) is 0 Å². The first-order valence-corrected chi connectivity index (χ1v) is 6.03. The largest absolute Gasteiger partial charge is 0.395 e. The van der Waals surface area contributed by atoms with Gasteiger partial charge in [-0.25, -0.2) is 9.97 Å². The van der Waals surface area contributed by atoms with Crippen molar-refractivity contribution in [1.29, 1.82) is 0 Å². The van der Waals surface area contributed by atoms with Crippen LogP contribution in [0.1, 0.15) is 31.9 Å². The van der Waals surface area contributed by atoms with Crippen molar-refractivity contribution in [2.75, 3.05) is 18.1 Å². The SMILES string of the molecule is CCCc1cc(N(CCO)C2CC2)ncn1. The smallest absolute Gasteiger partial charge is 0.132 e. The van der Waals surface area contributed by atoms with Gasteiger partial charge in [-0.05, 0) is 19.3 Å². The van der Waals surface area contributed by atoms with Gasteiger partial charge in [0.1, 0.15) is 12.1 Å². The third-order valence-corrected chi connectivity index (χ3v) is 2.84. The Bertz CT molecular complexity index is 339. The minimum atomic E-state index is 0.184. The predicted octanol–water partition coefficient (Wildman–Crippen LogP) is 1.39. The molecule has 1 fully saturated rings. The van der Waals surface area contributed by atoms with Crippen LogP contribution in [-0.2, 0) is 6.42 Å². The van der Waals surface area contributed by atoms with Crippen molar-refractivity contribution in [3.05, 3.63) is 18.1 Å². The highest BCUT2D eigenvalue weighted by Crippen LogP contribution is 2.30. The summed E-state index contributed by atoms with van der Waals surface area (Å²) in [6, 6.07) is 2.63. The maximum absolute atomic E-state index is 9.06. The highest BCUT2D eigenvalue weighted by molar-refractivity contribution is 5.41. The van der Waals surface area contributed by atoms with Gasteiger partial charge in [-0.3, -0.25) is 0 Å². The van der Waals surface area contributed by atoms with Gasteiger partial charge in [-0.2, -0.15) is 0 Å². The molecule has 16 heavy (non-hydrogen) atoms. The summed E-state index contributed by atoms with van der Waals surface area (Å²) in [6.07, 6.45) is 6.15. The summed E-state index contributed by atoms with van der Waals surface area (Å²) in [6.45, 7) is 3.00. The van der Waals surface area contributed by atoms with Crippen molar-refractivity contribution in [3.8, 4) is 0 Å². The second kappa shape index (κ2) is 5.25. The molecule has 0 amide bonds. The number of aliphatic hydroxyl groups excluding tert-OH is 1. The van der Waals surface area contributed by atoms with Crippen LogP contribution in [0.3, 0.4) is 0 Å². The molecule has 4 nitrogen and oxygen atoms in total. The molecule has 1 heterocycles. The zero-order valence-electron chi connectivity index (χ0n) is 9.76. The Kier molecular flexibility index (Phi) is 3.72. The third-order valence-electron chi connectivity index (χ3n) is 2.84. The number of hydrogen-bond acceptors (Lipinski definition) is 4. The molecule has 1 N–H and O–H groups in total. The Morgan fingerprint density at radius 2 is 2.25 bits per heavy atom. The first-order chi connectivity index (χ1) is 7.85. The quantitative estimate of drug-likeness (QED) is 0.788. The Balaban J connectivity index is 2.12. The van der Waals surface area contributed by atoms with Gasteiger partial charge < -0.3 is 10.0 Å². The maximum atomic E-state index is 9.06. The molecule has 0 aliphatic heterocycles. The molecule has 0 bridgehead atoms. The van der Waals surface area contributed by atoms with Crippen molar-refractivity contribution in [2.24, 2.45) is 0 Å². The molecule has 4 heteroatoms. The van der Waals surface area contributed by atoms with Crippen LogP contribution in [0.2, 0.25) is 0 Å². The van der Waals surface area contributed by atoms with Crippen LogP contribution < -0.4 is 4.90 Å². The van der Waals surface area contributed by atoms with Gasteiger partial charge in [0.25, 0.3) is 0 Å². The molecule has 1 aromatic heterocycles. The molecule has 88 valence electrons. The summed E-state index contributed by atoms with van der Waals surface area (Å²) in [4.78, 5) is 10.8. The van der Waals surface area contributed by atoms with Crippen molar-refractivity contribution in [2.45, 2.75) is 38.6 Å². The molecule has 0 radical (unpaired) electrons. The van der Waals surface area contributed by atoms with Crippen molar-refractivity contribution < 1.29 is 5.11 Å². The maximum Gasteiger partial charge on any atom is 0.132 e. The molecule has 0 saturated heterocycles. The van der Waals surface area contributed by atoms with Crippen LogP contribution in [0.25, 0.3) is 0 Å². The van der Waals surface area contributed by atoms with Crippen molar-refractivity contribution in [1.82, 2.24) is 9.97 Å². The number of aryl methyl sites for hydroxylation is 1. The minimum absolute atomic E-state index is 0.184. The van der Waals surface area contributed by atoms with E-state index < -0.39 is 0 Å². The van der Waals surface area contributed by atoms with E-state index >= 15 is 0 Å². The molecule has 1 aromatic rings. The first-order valence-electron chi connectivity index (χ1n) is 6.03. The highest BCUT2D eigenvalue weighted by Gasteiger charge is 2.29. The standard InChI is InChI=1S/C12H19N3O/c1-2-3-10-8-12(14-9-13-10)15(6-7-16)11-4-5-11/h8-9,11,16H,2-7H2,1H3. The summed E-state index contributed by atoms with van der Waals surface area (Å²) in [5.74, 6) is 0.968. The topological polar surface area (TPSA) is 49.2 Å². The number of aromatic nitrogens is 2. The average molecular weight is 221 g/mol. The number of aliphatic hydroxyl groups is 1. The van der Waals surface area contributed by atoms with Crippen LogP contribution in [0.5, 0.6) is 0 Å². The molecule has 1 aliphatic rings. The molecule has 0 aromatic carbocycles. The lowest BCUT2D eigenvalue weighted by molar-refractivity contribution is 0.301. The lowest BCUT2D eigenvalue weighted by atomic mass is 10.2. The number of hydrogen-bond donors (Lipinski definition) is 1. The van der Waals surface area contributed by atoms with Crippen molar-refractivity contribution in [3.63, 3.8) is 0 Å². The Labute approximate surface area is 96.3 Å². The minimum Gasteiger partial charge on any atom is -0.395 e. The summed E-state index contributed by atoms with van der Waals surface area (Å²) in [7, 11) is 0. The summed E-state index contributed by atoms with van der Waals surface area (Å²) < 4.78 is 0. The van der Waals surface area contributed by atoms with Gasteiger partial charge in [0, 0.05) is 24.3 Å². The molecule has 1 aliphatic carbocycles. The first kappa shape index (κ1) is 11.3. The average Bonchev–Trinajstić information content (AvgIpc) is 3.11. The number of anilines is 1. The monoisotopic (exact) mass is 221 g/mol. The van der Waals surface area contributed by atoms with Crippen LogP contribution in [0.4, 0.5) is 5.82 Å². The molecule has 0 atom stereocenters. The van der Waals surface area contributed by atoms with Gasteiger partial charge in [0.05, 0.1) is 6.61 Å². The van der Waals surface area contributed by atoms with Gasteiger partial charge in [0.2, 0.25) is 0 Å². The fraction of sp³-hybridized carbons (Fsp3) is 0.667. The third kappa shape index (κ3) is 2.70. The van der Waals surface area contributed by atoms with Gasteiger partial charge in [-0.15, -0.1) is 0 Å². The van der Waals surface area contributed by atoms with Crippen LogP contribution >= 0.6 is 0 Å². The molecule has 2 rings (SSSR count). The normalized spacial score (nSPS) is 15.1. The van der Waals surface area contributed by atoms with Crippen LogP contribution in [0, 0.1) is 0 Å². The zero-order valence-corrected chi connectivity index (χ0v) is 9.76. The van der Waals surface area contributed by atoms with Crippen molar-refractivity contribution >= 4 is 5.82 Å². The molecular weight excluding hydrogens is 202 g/mol. The van der Waals surface area contributed by atoms with E-state index in [2.05, 4.69) is 27.9 Å². The molecule has 1 saturated carbocycles. The molecule has 0 unspecified atom stereocenters. The Morgan fingerprint density at radius 1 is 1.44 bits per heavy atom. The molecule has 0 spiro atoms. The van der Waals surface area contributed by atoms with E-state index in [-0.39, 0.29) is 6.61 Å². The van der Waals surface area contributed by atoms with E-state index in [0.717, 1.165) is 24.4 Å². The van der Waals surface area contributed by atoms with E-state index in [1.165, 1.54) is 12.8 Å². The van der Waals surface area contributed by atoms with E-state index in [4.69, 9.17) is 5.11 Å². The predicted molar refractivity (Wildman–Crippen MR) is 63.5 cm³/mol. The van der Waals surface area contributed by atoms with Gasteiger partial charge >= 0.3 is 0 Å². The fourth-order valence-corrected chi connectivity index (χ4v) is 1.91. The number of rotatable bonds is 6. The number of nitrogens with zero attached hydrogens (tertiary/aromatic N) is 3. The van der Waals surface area contributed by atoms with Gasteiger partial charge in [0.15, 0.2) is 0 Å². The van der Waals surface area contributed by atoms with E-state index in [0.29, 0.717) is 12.6 Å². The van der Waals surface area contributed by atoms with Gasteiger partial charge in [-0.1, -0.05) is 13.3 Å². The second-order valence-corrected chi connectivity index (χ2v) is 4.27. The van der Waals surface area contributed by atoms with E-state index in [9.17, 15) is 0 Å². The lowest BCUT2D eigenvalue weighted by Gasteiger charge is -2.22. The second-order valence-electron chi connectivity index (χ2n) is 4.27. The lowest BCUT2D eigenvalue weighted by Crippen LogP contribution is -2.29. The highest BCUT2D eigenvalue weighted by atomic mass is 16.3. The summed E-state index contributed by atoms with van der Waals surface area (Å²) in [5.41, 5.74) is 1.09. The molecular formula is C12H19N3O. The van der Waals surface area contributed by atoms with E-state index in [1.54, 1.807) is 6.33 Å². The van der Waals surface area contributed by atoms with Crippen LogP contribution in [-0.4, -0.2) is 34.3 Å². The zero-order chi connectivity index (χ0) is 11.4.